The maximum Gasteiger partial charge on any atom is 0.159 e. The highest BCUT2D eigenvalue weighted by molar-refractivity contribution is 6.11. The number of anilines is 3. The summed E-state index contributed by atoms with van der Waals surface area (Å²) in [5.74, 6) is 1.68. The maximum atomic E-state index is 7.66. The number of ether oxygens (including phenoxy) is 1. The van der Waals surface area contributed by atoms with Crippen molar-refractivity contribution in [3.63, 3.8) is 0 Å². The van der Waals surface area contributed by atoms with Crippen LogP contribution < -0.4 is 9.64 Å². The van der Waals surface area contributed by atoms with Crippen molar-refractivity contribution in [3.05, 3.63) is 267 Å². The predicted molar refractivity (Wildman–Crippen MR) is 337 cm³/mol. The highest BCUT2D eigenvalue weighted by atomic mass is 16.5. The van der Waals surface area contributed by atoms with Gasteiger partial charge in [0.05, 0.1) is 22.2 Å². The van der Waals surface area contributed by atoms with Gasteiger partial charge in [-0.25, -0.2) is 0 Å². The molecule has 3 heteroatoms. The SMILES string of the molecule is CC(C)(C)c1ccc2c(c1)C1(c3ccccc3-c3ccc(N(c4cccc5c4Oc4ccccc4C54c5cc(C(C)(C)C)ccc5-c5ccc(C(C)(C)C)cc54)c4cccc5c4oc4ccccc45)cc31)c1cc(C(C)(C)C)ccc1-2. The minimum absolute atomic E-state index is 0.0716. The molecule has 11 aromatic rings. The lowest BCUT2D eigenvalue weighted by Gasteiger charge is -2.42. The molecule has 0 unspecified atom stereocenters. The monoisotopic (exact) mass is 1050 g/mol. The average Bonchev–Trinajstić information content (AvgIpc) is 4.06. The number of rotatable bonds is 3. The lowest BCUT2D eigenvalue weighted by Crippen LogP contribution is -2.33. The minimum Gasteiger partial charge on any atom is -0.454 e. The average molecular weight is 1050 g/mol. The summed E-state index contributed by atoms with van der Waals surface area (Å²) in [5, 5.41) is 2.15. The Bertz CT molecular complexity index is 4370. The second kappa shape index (κ2) is 16.6. The van der Waals surface area contributed by atoms with Gasteiger partial charge in [0.15, 0.2) is 11.3 Å². The summed E-state index contributed by atoms with van der Waals surface area (Å²) in [7, 11) is 0. The van der Waals surface area contributed by atoms with Gasteiger partial charge >= 0.3 is 0 Å². The zero-order chi connectivity index (χ0) is 55.9. The summed E-state index contributed by atoms with van der Waals surface area (Å²) in [6.07, 6.45) is 0. The molecule has 0 bridgehead atoms. The number of hydrogen-bond acceptors (Lipinski definition) is 3. The minimum atomic E-state index is -0.721. The van der Waals surface area contributed by atoms with E-state index in [1.165, 1.54) is 89.0 Å². The van der Waals surface area contributed by atoms with E-state index in [9.17, 15) is 0 Å². The Morgan fingerprint density at radius 2 is 0.728 bits per heavy atom. The molecule has 0 atom stereocenters. The van der Waals surface area contributed by atoms with Gasteiger partial charge in [-0.2, -0.15) is 0 Å². The molecular weight excluding hydrogens is 983 g/mol. The number of para-hydroxylation sites is 4. The molecule has 81 heavy (non-hydrogen) atoms. The Morgan fingerprint density at radius 1 is 0.321 bits per heavy atom. The van der Waals surface area contributed by atoms with Gasteiger partial charge in [-0.05, 0) is 147 Å². The summed E-state index contributed by atoms with van der Waals surface area (Å²) >= 11 is 0. The van der Waals surface area contributed by atoms with Gasteiger partial charge < -0.3 is 14.1 Å². The fraction of sp³-hybridized carbons (Fsp3) is 0.231. The molecule has 0 radical (unpaired) electrons. The Morgan fingerprint density at radius 3 is 1.28 bits per heavy atom. The Balaban J connectivity index is 1.06. The zero-order valence-corrected chi connectivity index (χ0v) is 48.8. The van der Waals surface area contributed by atoms with Crippen LogP contribution in [0.3, 0.4) is 0 Å². The predicted octanol–water partition coefficient (Wildman–Crippen LogP) is 21.1. The van der Waals surface area contributed by atoms with Gasteiger partial charge in [-0.15, -0.1) is 0 Å². The van der Waals surface area contributed by atoms with Crippen LogP contribution in [0.1, 0.15) is 150 Å². The first kappa shape index (κ1) is 49.6. The van der Waals surface area contributed by atoms with E-state index < -0.39 is 10.8 Å². The van der Waals surface area contributed by atoms with Gasteiger partial charge in [-0.1, -0.05) is 247 Å². The van der Waals surface area contributed by atoms with Gasteiger partial charge in [0.1, 0.15) is 11.3 Å². The molecule has 0 fully saturated rings. The van der Waals surface area contributed by atoms with E-state index in [4.69, 9.17) is 9.15 Å². The van der Waals surface area contributed by atoms with Gasteiger partial charge in [0.2, 0.25) is 0 Å². The molecule has 1 aromatic heterocycles. The lowest BCUT2D eigenvalue weighted by molar-refractivity contribution is 0.437. The topological polar surface area (TPSA) is 25.6 Å². The van der Waals surface area contributed by atoms with Crippen molar-refractivity contribution in [1.29, 1.82) is 0 Å². The molecule has 2 spiro atoms. The molecule has 0 saturated heterocycles. The van der Waals surface area contributed by atoms with Crippen molar-refractivity contribution in [2.24, 2.45) is 0 Å². The number of nitrogens with zero attached hydrogens (tertiary/aromatic N) is 1. The largest absolute Gasteiger partial charge is 0.454 e. The molecule has 15 rings (SSSR count). The van der Waals surface area contributed by atoms with Crippen LogP contribution in [0.4, 0.5) is 17.1 Å². The van der Waals surface area contributed by atoms with Crippen molar-refractivity contribution >= 4 is 39.0 Å². The molecule has 0 N–H and O–H groups in total. The van der Waals surface area contributed by atoms with Crippen LogP contribution in [0.15, 0.2) is 205 Å². The van der Waals surface area contributed by atoms with Crippen LogP contribution in [-0.2, 0) is 32.5 Å². The maximum absolute atomic E-state index is 7.66. The normalized spacial score (nSPS) is 15.0. The summed E-state index contributed by atoms with van der Waals surface area (Å²) < 4.78 is 14.8. The van der Waals surface area contributed by atoms with Crippen LogP contribution in [0.25, 0.3) is 55.3 Å². The van der Waals surface area contributed by atoms with Gasteiger partial charge in [0.25, 0.3) is 0 Å². The first-order valence-electron chi connectivity index (χ1n) is 29.1. The van der Waals surface area contributed by atoms with E-state index in [2.05, 4.69) is 288 Å². The summed E-state index contributed by atoms with van der Waals surface area (Å²) in [4.78, 5) is 2.46. The van der Waals surface area contributed by atoms with E-state index in [0.29, 0.717) is 0 Å². The third kappa shape index (κ3) is 6.81. The van der Waals surface area contributed by atoms with E-state index in [0.717, 1.165) is 61.6 Å². The summed E-state index contributed by atoms with van der Waals surface area (Å²) in [6, 6.07) is 76.5. The zero-order valence-electron chi connectivity index (χ0n) is 48.8. The van der Waals surface area contributed by atoms with E-state index in [-0.39, 0.29) is 21.7 Å². The van der Waals surface area contributed by atoms with Crippen molar-refractivity contribution in [3.8, 4) is 44.9 Å². The van der Waals surface area contributed by atoms with Crippen LogP contribution in [0.2, 0.25) is 0 Å². The molecule has 0 saturated carbocycles. The Hall–Kier alpha value is -8.40. The first-order valence-corrected chi connectivity index (χ1v) is 29.1. The van der Waals surface area contributed by atoms with Crippen molar-refractivity contribution in [2.75, 3.05) is 4.90 Å². The Labute approximate surface area is 477 Å². The highest BCUT2D eigenvalue weighted by Crippen LogP contribution is 2.67. The quantitative estimate of drug-likeness (QED) is 0.176. The van der Waals surface area contributed by atoms with Gasteiger partial charge in [-0.3, -0.25) is 0 Å². The molecule has 4 aliphatic rings. The van der Waals surface area contributed by atoms with E-state index in [1.54, 1.807) is 0 Å². The van der Waals surface area contributed by atoms with Crippen LogP contribution in [0, 0.1) is 0 Å². The van der Waals surface area contributed by atoms with Crippen LogP contribution >= 0.6 is 0 Å². The molecular formula is C78H69NO2. The van der Waals surface area contributed by atoms with Crippen molar-refractivity contribution in [1.82, 2.24) is 0 Å². The lowest BCUT2D eigenvalue weighted by atomic mass is 9.64. The molecule has 1 aliphatic heterocycles. The number of hydrogen-bond donors (Lipinski definition) is 0. The summed E-state index contributed by atoms with van der Waals surface area (Å²) in [5.41, 5.74) is 25.9. The van der Waals surface area contributed by atoms with Crippen LogP contribution in [-0.4, -0.2) is 0 Å². The molecule has 3 aliphatic carbocycles. The fourth-order valence-corrected chi connectivity index (χ4v) is 14.6. The third-order valence-electron chi connectivity index (χ3n) is 18.8. The second-order valence-corrected chi connectivity index (χ2v) is 27.7. The molecule has 398 valence electrons. The Kier molecular flexibility index (Phi) is 10.2. The smallest absolute Gasteiger partial charge is 0.159 e. The molecule has 0 amide bonds. The van der Waals surface area contributed by atoms with Crippen molar-refractivity contribution < 1.29 is 9.15 Å². The molecule has 2 heterocycles. The molecule has 3 nitrogen and oxygen atoms in total. The number of fused-ring (bicyclic) bond motifs is 22. The first-order chi connectivity index (χ1) is 38.7. The third-order valence-corrected chi connectivity index (χ3v) is 18.8. The van der Waals surface area contributed by atoms with Crippen LogP contribution in [0.5, 0.6) is 11.5 Å². The number of benzene rings is 10. The molecule has 10 aromatic carbocycles. The van der Waals surface area contributed by atoms with Gasteiger partial charge in [0, 0.05) is 27.6 Å². The second-order valence-electron chi connectivity index (χ2n) is 27.7. The summed E-state index contributed by atoms with van der Waals surface area (Å²) in [6.45, 7) is 28.0. The number of furan rings is 1. The standard InChI is InChI=1S/C78H69NO2/c1-73(2,3)46-31-36-52-53-37-32-47(74(4,5)6)42-63(53)77(62(52)41-46)59-24-15-13-21-51(59)56-40-35-50(45-66(56)77)79(67-27-19-23-58-57-22-14-17-29-69(57)80-71(58)67)68-28-20-26-61-72(68)81-70-30-18-16-25-60(70)78(61)64-43-48(75(7,8)9)33-38-54(64)55-39-34-49(44-65(55)78)76(10,11)12/h13-45H,1-12H3. The van der Waals surface area contributed by atoms with E-state index in [1.807, 2.05) is 0 Å². The highest BCUT2D eigenvalue weighted by Gasteiger charge is 2.55. The van der Waals surface area contributed by atoms with E-state index >= 15 is 0 Å². The fourth-order valence-electron chi connectivity index (χ4n) is 14.6. The van der Waals surface area contributed by atoms with Crippen molar-refractivity contribution in [2.45, 2.75) is 116 Å².